The van der Waals surface area contributed by atoms with Crippen molar-refractivity contribution in [1.82, 2.24) is 0 Å². The second-order valence-electron chi connectivity index (χ2n) is 28.1. The first-order valence-electron chi connectivity index (χ1n) is 30.8. The van der Waals surface area contributed by atoms with Crippen molar-refractivity contribution < 1.29 is 104 Å². The molecule has 0 radical (unpaired) electrons. The summed E-state index contributed by atoms with van der Waals surface area (Å²) in [6.07, 6.45) is -6.65. The number of allylic oxidation sites excluding steroid dienone is 1. The predicted molar refractivity (Wildman–Crippen MR) is 294 cm³/mol. The minimum Gasteiger partial charge on any atom is -0.510 e. The van der Waals surface area contributed by atoms with E-state index < -0.39 is 135 Å². The van der Waals surface area contributed by atoms with Gasteiger partial charge in [-0.05, 0) is 112 Å². The summed E-state index contributed by atoms with van der Waals surface area (Å²) in [4.78, 5) is 0. The van der Waals surface area contributed by atoms with Crippen LogP contribution in [0.15, 0.2) is 24.0 Å². The molecule has 82 heavy (non-hydrogen) atoms. The third-order valence-corrected chi connectivity index (χ3v) is 21.9. The maximum absolute atomic E-state index is 11.9. The summed E-state index contributed by atoms with van der Waals surface area (Å²) < 4.78 is 62.0. The Morgan fingerprint density at radius 2 is 1.28 bits per heavy atom. The van der Waals surface area contributed by atoms with Crippen molar-refractivity contribution in [3.63, 3.8) is 0 Å². The monoisotopic (exact) mass is 1170 g/mol. The average Bonchev–Trinajstić information content (AvgIpc) is 1.95. The molecule has 9 aliphatic rings. The molecule has 0 bridgehead atoms. The van der Waals surface area contributed by atoms with Crippen molar-refractivity contribution in [2.24, 2.45) is 45.3 Å². The van der Waals surface area contributed by atoms with Crippen LogP contribution in [-0.2, 0) is 47.4 Å². The fourth-order valence-electron chi connectivity index (χ4n) is 17.0. The molecule has 9 rings (SSSR count). The molecular weight excluding hydrogens is 1070 g/mol. The third kappa shape index (κ3) is 13.4. The van der Waals surface area contributed by atoms with Crippen molar-refractivity contribution in [2.45, 2.75) is 287 Å². The number of rotatable bonds is 20. The normalized spacial score (nSPS) is 47.8. The van der Waals surface area contributed by atoms with E-state index >= 15 is 0 Å². The summed E-state index contributed by atoms with van der Waals surface area (Å²) in [5, 5.41) is 117. The first kappa shape index (κ1) is 64.9. The molecule has 0 aromatic rings. The number of ether oxygens (including phenoxy) is 10. The molecule has 0 amide bonds. The van der Waals surface area contributed by atoms with Crippen molar-refractivity contribution in [2.75, 3.05) is 26.4 Å². The molecule has 4 aliphatic carbocycles. The molecule has 5 unspecified atom stereocenters. The topological polar surface area (TPSA) is 315 Å². The maximum Gasteiger partial charge on any atom is 0.187 e. The lowest BCUT2D eigenvalue weighted by Crippen LogP contribution is -2.59. The standard InChI is InChI=1S/C61H102O21/c1-31(10-14-49(58(5,6)72)80-56-53(81-51-23-33(65)20-35(27-62)75-51)42(68)24-37(77-56)30-74-55-45(71)26-43(69)52(82-55)32(2)64)38-16-17-61(9)47-13-11-39-40(59(47,7)18-19-60(38,61)8)12-15-48(57(39,3)4)79-50-22-34(66)21-36(76-50)29-73-54-44(70)25-41(67)46(28-63)78-54/h11,31,33-38,40-56,62-72H,2,10,12-30H2,1,3-9H3/t31-,33+,34+,35?,36+,37+,38?,40?,41+,42+,43+,44-,45-,46-,47?,48+,49-,50+,51+,52-,53?,54+,55+,56+,59+,60-,61+/m1/s1. The van der Waals surface area contributed by atoms with Gasteiger partial charge in [-0.2, -0.15) is 0 Å². The first-order chi connectivity index (χ1) is 38.6. The van der Waals surface area contributed by atoms with Gasteiger partial charge >= 0.3 is 0 Å². The summed E-state index contributed by atoms with van der Waals surface area (Å²) in [7, 11) is 0. The van der Waals surface area contributed by atoms with Crippen LogP contribution in [0, 0.1) is 45.3 Å². The van der Waals surface area contributed by atoms with Gasteiger partial charge in [-0.1, -0.05) is 59.8 Å². The van der Waals surface area contributed by atoms with E-state index in [0.29, 0.717) is 37.0 Å². The van der Waals surface area contributed by atoms with Crippen LogP contribution >= 0.6 is 0 Å². The van der Waals surface area contributed by atoms with Crippen molar-refractivity contribution in [1.29, 1.82) is 0 Å². The summed E-state index contributed by atoms with van der Waals surface area (Å²) in [6.45, 7) is 20.6. The summed E-state index contributed by atoms with van der Waals surface area (Å²) >= 11 is 0. The molecule has 8 fully saturated rings. The lowest BCUT2D eigenvalue weighted by molar-refractivity contribution is -0.347. The highest BCUT2D eigenvalue weighted by atomic mass is 16.8. The molecule has 21 nitrogen and oxygen atoms in total. The number of aliphatic hydroxyl groups excluding tert-OH is 10. The lowest BCUT2D eigenvalue weighted by atomic mass is 9.39. The fourth-order valence-corrected chi connectivity index (χ4v) is 17.0. The number of fused-ring (bicyclic) bond motifs is 5. The highest BCUT2D eigenvalue weighted by Gasteiger charge is 2.67. The Bertz CT molecular complexity index is 2140. The zero-order valence-electron chi connectivity index (χ0n) is 49.8. The van der Waals surface area contributed by atoms with Crippen LogP contribution < -0.4 is 0 Å². The number of hydrogen-bond acceptors (Lipinski definition) is 21. The van der Waals surface area contributed by atoms with Crippen LogP contribution in [0.25, 0.3) is 0 Å². The second kappa shape index (κ2) is 25.9. The fraction of sp³-hybridized carbons (Fsp3) is 0.934. The van der Waals surface area contributed by atoms with E-state index in [9.17, 15) is 56.2 Å². The molecule has 27 atom stereocenters. The van der Waals surface area contributed by atoms with Gasteiger partial charge in [-0.3, -0.25) is 0 Å². The minimum absolute atomic E-state index is 0.00603. The van der Waals surface area contributed by atoms with Crippen LogP contribution in [0.2, 0.25) is 0 Å². The van der Waals surface area contributed by atoms with Crippen LogP contribution in [0.1, 0.15) is 158 Å². The van der Waals surface area contributed by atoms with Gasteiger partial charge in [0.05, 0.1) is 93.1 Å². The quantitative estimate of drug-likeness (QED) is 0.0608. The number of aliphatic hydroxyl groups is 11. The van der Waals surface area contributed by atoms with Gasteiger partial charge in [0.2, 0.25) is 0 Å². The van der Waals surface area contributed by atoms with E-state index in [1.807, 2.05) is 0 Å². The van der Waals surface area contributed by atoms with Crippen LogP contribution in [0.3, 0.4) is 0 Å². The molecule has 0 aromatic heterocycles. The predicted octanol–water partition coefficient (Wildman–Crippen LogP) is 3.91. The third-order valence-electron chi connectivity index (χ3n) is 21.9. The molecule has 0 spiro atoms. The molecule has 472 valence electrons. The Morgan fingerprint density at radius 3 is 1.93 bits per heavy atom. The van der Waals surface area contributed by atoms with Crippen molar-refractivity contribution in [3.05, 3.63) is 24.0 Å². The first-order valence-corrected chi connectivity index (χ1v) is 30.8. The number of hydrogen-bond donors (Lipinski definition) is 11. The highest BCUT2D eigenvalue weighted by Crippen LogP contribution is 2.75. The summed E-state index contributed by atoms with van der Waals surface area (Å²) in [6, 6.07) is 0. The van der Waals surface area contributed by atoms with Crippen LogP contribution in [0.5, 0.6) is 0 Å². The Kier molecular flexibility index (Phi) is 20.5. The SMILES string of the molecule is C=C(O)[C@H]1O[C@H](OC[C@@H]2C[C@H](O)C(O[C@H]3C[C@@H](O)CC(CO)O3)[C@H](O[C@H](CC[C@@H](C)C3CC[C@@]4(C)C5CC=C6C(CC[C@H](O[C@H]7C[C@@H](O)C[C@@H](CO[C@H]8O[C@H](CO)[C@@H](O)C[C@H]8O)O7)C6(C)C)[C@]5(C)CC[C@]34C)C(C)(C)O)O2)[C@H](O)C[C@@H]1O. The van der Waals surface area contributed by atoms with Gasteiger partial charge in [0, 0.05) is 50.4 Å². The minimum atomic E-state index is -1.37. The van der Waals surface area contributed by atoms with E-state index in [1.165, 1.54) is 5.57 Å². The Labute approximate surface area is 484 Å². The Balaban J connectivity index is 0.842. The van der Waals surface area contributed by atoms with Gasteiger partial charge in [0.1, 0.15) is 36.3 Å². The van der Waals surface area contributed by atoms with E-state index in [4.69, 9.17) is 47.4 Å². The van der Waals surface area contributed by atoms with Crippen LogP contribution in [0.4, 0.5) is 0 Å². The molecule has 5 saturated heterocycles. The largest absolute Gasteiger partial charge is 0.510 e. The van der Waals surface area contributed by atoms with Crippen molar-refractivity contribution in [3.8, 4) is 0 Å². The molecule has 0 aromatic carbocycles. The maximum atomic E-state index is 11.9. The smallest absolute Gasteiger partial charge is 0.187 e. The van der Waals surface area contributed by atoms with Gasteiger partial charge in [-0.25, -0.2) is 0 Å². The molecular formula is C61H102O21. The Hall–Kier alpha value is -1.52. The zero-order valence-corrected chi connectivity index (χ0v) is 49.8. The average molecular weight is 1170 g/mol. The molecule has 3 saturated carbocycles. The molecule has 11 N–H and O–H groups in total. The van der Waals surface area contributed by atoms with Crippen LogP contribution in [-0.4, -0.2) is 211 Å². The molecule has 5 heterocycles. The van der Waals surface area contributed by atoms with E-state index in [1.54, 1.807) is 13.8 Å². The summed E-state index contributed by atoms with van der Waals surface area (Å²) in [5.41, 5.74) is -0.0269. The van der Waals surface area contributed by atoms with E-state index in [-0.39, 0.29) is 85.6 Å². The van der Waals surface area contributed by atoms with Gasteiger partial charge in [-0.15, -0.1) is 0 Å². The lowest BCUT2D eigenvalue weighted by Gasteiger charge is -2.66. The molecule has 5 aliphatic heterocycles. The van der Waals surface area contributed by atoms with Crippen molar-refractivity contribution >= 4 is 0 Å². The van der Waals surface area contributed by atoms with E-state index in [2.05, 4.69) is 54.2 Å². The summed E-state index contributed by atoms with van der Waals surface area (Å²) in [5.74, 6) is 1.10. The van der Waals surface area contributed by atoms with E-state index in [0.717, 1.165) is 51.4 Å². The van der Waals surface area contributed by atoms with Gasteiger partial charge in [0.25, 0.3) is 0 Å². The van der Waals surface area contributed by atoms with Gasteiger partial charge < -0.3 is 104 Å². The molecule has 21 heteroatoms. The highest BCUT2D eigenvalue weighted by molar-refractivity contribution is 5.30. The second-order valence-corrected chi connectivity index (χ2v) is 28.1. The van der Waals surface area contributed by atoms with Gasteiger partial charge in [0.15, 0.2) is 31.5 Å². The zero-order chi connectivity index (χ0) is 59.4. The Morgan fingerprint density at radius 1 is 0.659 bits per heavy atom.